The molecular weight excluding hydrogens is 112 g/mol. The zero-order chi connectivity index (χ0) is 7.11. The Kier molecular flexibility index (Phi) is 4.50. The van der Waals surface area contributed by atoms with Crippen LogP contribution in [0, 0.1) is 0 Å². The normalized spacial score (nSPS) is 8.00. The third-order valence-electron chi connectivity index (χ3n) is 0.880. The molecule has 2 nitrogen and oxygen atoms in total. The SMILES string of the molecule is C=CCN(CC=C)N=C. The summed E-state index contributed by atoms with van der Waals surface area (Å²) >= 11 is 0. The van der Waals surface area contributed by atoms with Crippen molar-refractivity contribution in [3.8, 4) is 0 Å². The van der Waals surface area contributed by atoms with E-state index in [4.69, 9.17) is 0 Å². The number of hydrogen-bond acceptors (Lipinski definition) is 2. The summed E-state index contributed by atoms with van der Waals surface area (Å²) in [6.07, 6.45) is 3.55. The van der Waals surface area contributed by atoms with E-state index in [1.54, 1.807) is 17.2 Å². The number of nitrogens with zero attached hydrogens (tertiary/aromatic N) is 2. The van der Waals surface area contributed by atoms with Crippen molar-refractivity contribution in [1.82, 2.24) is 5.01 Å². The van der Waals surface area contributed by atoms with Crippen molar-refractivity contribution in [2.24, 2.45) is 5.10 Å². The van der Waals surface area contributed by atoms with E-state index in [1.807, 2.05) is 0 Å². The Morgan fingerprint density at radius 2 is 1.67 bits per heavy atom. The molecule has 0 unspecified atom stereocenters. The first-order chi connectivity index (χ1) is 4.35. The zero-order valence-electron chi connectivity index (χ0n) is 5.58. The lowest BCUT2D eigenvalue weighted by molar-refractivity contribution is 0.360. The lowest BCUT2D eigenvalue weighted by atomic mass is 10.5. The van der Waals surface area contributed by atoms with Gasteiger partial charge in [0.05, 0.1) is 13.1 Å². The first kappa shape index (κ1) is 7.95. The molecule has 0 heterocycles. The van der Waals surface area contributed by atoms with E-state index in [2.05, 4.69) is 25.0 Å². The molecule has 0 aliphatic rings. The molecule has 0 fully saturated rings. The van der Waals surface area contributed by atoms with E-state index in [-0.39, 0.29) is 0 Å². The molecule has 0 saturated carbocycles. The van der Waals surface area contributed by atoms with E-state index < -0.39 is 0 Å². The maximum atomic E-state index is 3.71. The third-order valence-corrected chi connectivity index (χ3v) is 0.880. The minimum absolute atomic E-state index is 0.732. The summed E-state index contributed by atoms with van der Waals surface area (Å²) in [5.41, 5.74) is 0. The van der Waals surface area contributed by atoms with Gasteiger partial charge in [-0.25, -0.2) is 0 Å². The Morgan fingerprint density at radius 1 is 1.22 bits per heavy atom. The second kappa shape index (κ2) is 5.09. The number of hydrazone groups is 1. The molecular formula is C7H12N2. The molecule has 0 bridgehead atoms. The smallest absolute Gasteiger partial charge is 0.0542 e. The minimum atomic E-state index is 0.732. The van der Waals surface area contributed by atoms with Gasteiger partial charge < -0.3 is 0 Å². The maximum Gasteiger partial charge on any atom is 0.0542 e. The maximum absolute atomic E-state index is 3.71. The van der Waals surface area contributed by atoms with Crippen LogP contribution in [0.15, 0.2) is 30.4 Å². The van der Waals surface area contributed by atoms with Gasteiger partial charge in [-0.2, -0.15) is 5.10 Å². The first-order valence-electron chi connectivity index (χ1n) is 2.78. The Bertz CT molecular complexity index is 97.5. The van der Waals surface area contributed by atoms with Crippen LogP contribution in [0.4, 0.5) is 0 Å². The average molecular weight is 124 g/mol. The molecule has 0 aromatic heterocycles. The van der Waals surface area contributed by atoms with Crippen LogP contribution in [0.3, 0.4) is 0 Å². The van der Waals surface area contributed by atoms with Crippen LogP contribution in [0.1, 0.15) is 0 Å². The summed E-state index contributed by atoms with van der Waals surface area (Å²) in [7, 11) is 0. The topological polar surface area (TPSA) is 15.6 Å². The van der Waals surface area contributed by atoms with Gasteiger partial charge >= 0.3 is 0 Å². The lowest BCUT2D eigenvalue weighted by Crippen LogP contribution is -2.16. The molecule has 9 heavy (non-hydrogen) atoms. The highest BCUT2D eigenvalue weighted by molar-refractivity contribution is 5.22. The summed E-state index contributed by atoms with van der Waals surface area (Å²) in [6.45, 7) is 12.0. The van der Waals surface area contributed by atoms with Crippen molar-refractivity contribution in [2.45, 2.75) is 0 Å². The highest BCUT2D eigenvalue weighted by Crippen LogP contribution is 1.86. The van der Waals surface area contributed by atoms with Crippen LogP contribution in [0.5, 0.6) is 0 Å². The number of hydrogen-bond donors (Lipinski definition) is 0. The molecule has 0 saturated heterocycles. The fourth-order valence-electron chi connectivity index (χ4n) is 0.488. The molecule has 2 heteroatoms. The predicted octanol–water partition coefficient (Wildman–Crippen LogP) is 1.28. The van der Waals surface area contributed by atoms with Gasteiger partial charge in [0.2, 0.25) is 0 Å². The van der Waals surface area contributed by atoms with Crippen molar-refractivity contribution >= 4 is 6.72 Å². The van der Waals surface area contributed by atoms with Gasteiger partial charge in [-0.15, -0.1) is 13.2 Å². The minimum Gasteiger partial charge on any atom is -0.290 e. The van der Waals surface area contributed by atoms with Gasteiger partial charge in [-0.3, -0.25) is 5.01 Å². The molecule has 0 aromatic rings. The van der Waals surface area contributed by atoms with Crippen LogP contribution in [-0.2, 0) is 0 Å². The fourth-order valence-corrected chi connectivity index (χ4v) is 0.488. The van der Waals surface area contributed by atoms with Crippen LogP contribution >= 0.6 is 0 Å². The third kappa shape index (κ3) is 3.53. The van der Waals surface area contributed by atoms with Gasteiger partial charge in [0.1, 0.15) is 0 Å². The summed E-state index contributed by atoms with van der Waals surface area (Å²) in [4.78, 5) is 0. The average Bonchev–Trinajstić information content (AvgIpc) is 1.88. The summed E-state index contributed by atoms with van der Waals surface area (Å²) in [6, 6.07) is 0. The second-order valence-corrected chi connectivity index (χ2v) is 1.59. The quantitative estimate of drug-likeness (QED) is 0.306. The molecule has 0 aliphatic carbocycles. The first-order valence-corrected chi connectivity index (χ1v) is 2.78. The Labute approximate surface area is 56.2 Å². The van der Waals surface area contributed by atoms with Crippen molar-refractivity contribution in [3.05, 3.63) is 25.3 Å². The Balaban J connectivity index is 3.51. The van der Waals surface area contributed by atoms with E-state index in [0.29, 0.717) is 0 Å². The Morgan fingerprint density at radius 3 is 1.89 bits per heavy atom. The molecule has 0 amide bonds. The Hall–Kier alpha value is -1.05. The van der Waals surface area contributed by atoms with Gasteiger partial charge in [-0.05, 0) is 0 Å². The van der Waals surface area contributed by atoms with Crippen LogP contribution in [0.25, 0.3) is 0 Å². The van der Waals surface area contributed by atoms with Crippen molar-refractivity contribution in [1.29, 1.82) is 0 Å². The highest BCUT2D eigenvalue weighted by atomic mass is 15.4. The molecule has 0 aromatic carbocycles. The molecule has 0 radical (unpaired) electrons. The fraction of sp³-hybridized carbons (Fsp3) is 0.286. The largest absolute Gasteiger partial charge is 0.290 e. The standard InChI is InChI=1S/C7H12N2/c1-4-6-9(8-3)7-5-2/h4-5H,1-3,6-7H2. The van der Waals surface area contributed by atoms with Gasteiger partial charge in [0.15, 0.2) is 0 Å². The molecule has 0 atom stereocenters. The predicted molar refractivity (Wildman–Crippen MR) is 41.5 cm³/mol. The van der Waals surface area contributed by atoms with Crippen molar-refractivity contribution in [3.63, 3.8) is 0 Å². The van der Waals surface area contributed by atoms with E-state index >= 15 is 0 Å². The van der Waals surface area contributed by atoms with E-state index in [1.165, 1.54) is 0 Å². The molecule has 0 spiro atoms. The van der Waals surface area contributed by atoms with Gasteiger partial charge in [0, 0.05) is 6.72 Å². The lowest BCUT2D eigenvalue weighted by Gasteiger charge is -2.12. The molecule has 0 aliphatic heterocycles. The molecule has 0 rings (SSSR count). The molecule has 0 N–H and O–H groups in total. The van der Waals surface area contributed by atoms with Crippen LogP contribution < -0.4 is 0 Å². The highest BCUT2D eigenvalue weighted by Gasteiger charge is 1.88. The van der Waals surface area contributed by atoms with Crippen LogP contribution in [-0.4, -0.2) is 24.8 Å². The van der Waals surface area contributed by atoms with Crippen LogP contribution in [0.2, 0.25) is 0 Å². The van der Waals surface area contributed by atoms with Gasteiger partial charge in [0.25, 0.3) is 0 Å². The summed E-state index contributed by atoms with van der Waals surface area (Å²) < 4.78 is 0. The summed E-state index contributed by atoms with van der Waals surface area (Å²) in [5.74, 6) is 0. The zero-order valence-corrected chi connectivity index (χ0v) is 5.58. The van der Waals surface area contributed by atoms with E-state index in [9.17, 15) is 0 Å². The van der Waals surface area contributed by atoms with Crippen molar-refractivity contribution < 1.29 is 0 Å². The van der Waals surface area contributed by atoms with Crippen molar-refractivity contribution in [2.75, 3.05) is 13.1 Å². The second-order valence-electron chi connectivity index (χ2n) is 1.59. The van der Waals surface area contributed by atoms with Gasteiger partial charge in [-0.1, -0.05) is 12.2 Å². The van der Waals surface area contributed by atoms with E-state index in [0.717, 1.165) is 13.1 Å². The monoisotopic (exact) mass is 124 g/mol. The summed E-state index contributed by atoms with van der Waals surface area (Å²) in [5, 5.41) is 5.47. The number of rotatable bonds is 5. The molecule has 50 valence electrons.